The van der Waals surface area contributed by atoms with Gasteiger partial charge < -0.3 is 4.52 Å². The van der Waals surface area contributed by atoms with Crippen molar-refractivity contribution in [2.45, 2.75) is 6.92 Å². The molecule has 0 bridgehead atoms. The highest BCUT2D eigenvalue weighted by Gasteiger charge is 2.22. The molecule has 1 amide bonds. The number of anilines is 1. The first-order valence-electron chi connectivity index (χ1n) is 6.36. The van der Waals surface area contributed by atoms with Crippen LogP contribution >= 0.6 is 0 Å². The van der Waals surface area contributed by atoms with Crippen LogP contribution in [0.25, 0.3) is 11.3 Å². The number of aryl methyl sites for hydroxylation is 1. The van der Waals surface area contributed by atoms with E-state index in [9.17, 15) is 4.79 Å². The second-order valence-electron chi connectivity index (χ2n) is 4.35. The zero-order valence-electron chi connectivity index (χ0n) is 11.3. The molecule has 2 aromatic heterocycles. The van der Waals surface area contributed by atoms with Crippen LogP contribution in [0.1, 0.15) is 16.1 Å². The number of aromatic nitrogens is 3. The van der Waals surface area contributed by atoms with Gasteiger partial charge in [0.15, 0.2) is 0 Å². The summed E-state index contributed by atoms with van der Waals surface area (Å²) >= 11 is 0. The maximum Gasteiger partial charge on any atom is 0.263 e. The zero-order valence-corrected chi connectivity index (χ0v) is 11.3. The van der Waals surface area contributed by atoms with E-state index in [1.807, 2.05) is 30.3 Å². The van der Waals surface area contributed by atoms with E-state index in [-0.39, 0.29) is 11.9 Å². The molecular weight excluding hydrogens is 268 g/mol. The van der Waals surface area contributed by atoms with Gasteiger partial charge in [-0.1, -0.05) is 35.5 Å². The van der Waals surface area contributed by atoms with Crippen LogP contribution in [-0.4, -0.2) is 21.0 Å². The average molecular weight is 280 g/mol. The molecule has 0 saturated heterocycles. The number of nitrogens with zero attached hydrogens (tertiary/aromatic N) is 3. The number of benzene rings is 1. The SMILES string of the molecule is Cc1onc(-c2ccccc2)c1C(=O)Nc1ncccn1. The fourth-order valence-electron chi connectivity index (χ4n) is 1.96. The van der Waals surface area contributed by atoms with Gasteiger partial charge in [0.2, 0.25) is 5.95 Å². The molecule has 1 N–H and O–H groups in total. The van der Waals surface area contributed by atoms with Gasteiger partial charge in [-0.3, -0.25) is 10.1 Å². The first kappa shape index (κ1) is 13.0. The van der Waals surface area contributed by atoms with E-state index in [1.165, 1.54) is 0 Å². The van der Waals surface area contributed by atoms with Crippen molar-refractivity contribution < 1.29 is 9.32 Å². The predicted molar refractivity (Wildman–Crippen MR) is 76.7 cm³/mol. The van der Waals surface area contributed by atoms with Gasteiger partial charge in [0.1, 0.15) is 17.0 Å². The van der Waals surface area contributed by atoms with Crippen LogP contribution in [0.5, 0.6) is 0 Å². The highest BCUT2D eigenvalue weighted by molar-refractivity contribution is 6.08. The lowest BCUT2D eigenvalue weighted by atomic mass is 10.1. The third-order valence-electron chi connectivity index (χ3n) is 2.93. The molecule has 2 heterocycles. The lowest BCUT2D eigenvalue weighted by molar-refractivity contribution is 0.102. The van der Waals surface area contributed by atoms with E-state index in [2.05, 4.69) is 20.4 Å². The van der Waals surface area contributed by atoms with Gasteiger partial charge in [-0.05, 0) is 13.0 Å². The zero-order chi connectivity index (χ0) is 14.7. The molecule has 0 atom stereocenters. The van der Waals surface area contributed by atoms with Crippen LogP contribution in [0.4, 0.5) is 5.95 Å². The third kappa shape index (κ3) is 2.64. The Morgan fingerprint density at radius 1 is 1.10 bits per heavy atom. The Morgan fingerprint density at radius 3 is 2.52 bits per heavy atom. The van der Waals surface area contributed by atoms with Crippen molar-refractivity contribution in [1.82, 2.24) is 15.1 Å². The highest BCUT2D eigenvalue weighted by Crippen LogP contribution is 2.25. The Kier molecular flexibility index (Phi) is 3.42. The van der Waals surface area contributed by atoms with Crippen molar-refractivity contribution in [2.75, 3.05) is 5.32 Å². The van der Waals surface area contributed by atoms with E-state index < -0.39 is 0 Å². The van der Waals surface area contributed by atoms with Crippen molar-refractivity contribution in [1.29, 1.82) is 0 Å². The van der Waals surface area contributed by atoms with E-state index in [4.69, 9.17) is 4.52 Å². The standard InChI is InChI=1S/C15H12N4O2/c1-10-12(14(20)18-15-16-8-5-9-17-15)13(19-21-10)11-6-3-2-4-7-11/h2-9H,1H3,(H,16,17,18,20). The number of hydrogen-bond acceptors (Lipinski definition) is 5. The molecule has 0 aliphatic rings. The molecule has 6 heteroatoms. The fourth-order valence-corrected chi connectivity index (χ4v) is 1.96. The number of hydrogen-bond donors (Lipinski definition) is 1. The van der Waals surface area contributed by atoms with E-state index >= 15 is 0 Å². The summed E-state index contributed by atoms with van der Waals surface area (Å²) in [6.45, 7) is 1.69. The van der Waals surface area contributed by atoms with Crippen molar-refractivity contribution in [3.63, 3.8) is 0 Å². The summed E-state index contributed by atoms with van der Waals surface area (Å²) < 4.78 is 5.16. The van der Waals surface area contributed by atoms with Crippen LogP contribution in [0.2, 0.25) is 0 Å². The van der Waals surface area contributed by atoms with Crippen LogP contribution in [-0.2, 0) is 0 Å². The maximum absolute atomic E-state index is 12.4. The molecule has 3 rings (SSSR count). The summed E-state index contributed by atoms with van der Waals surface area (Å²) in [4.78, 5) is 20.3. The number of nitrogens with one attached hydrogen (secondary N) is 1. The number of amides is 1. The molecule has 0 radical (unpaired) electrons. The second-order valence-corrected chi connectivity index (χ2v) is 4.35. The number of rotatable bonds is 3. The Hall–Kier alpha value is -3.02. The van der Waals surface area contributed by atoms with Crippen molar-refractivity contribution in [3.05, 3.63) is 60.1 Å². The summed E-state index contributed by atoms with van der Waals surface area (Å²) in [7, 11) is 0. The maximum atomic E-state index is 12.4. The normalized spacial score (nSPS) is 10.3. The minimum absolute atomic E-state index is 0.238. The molecule has 0 fully saturated rings. The average Bonchev–Trinajstić information content (AvgIpc) is 2.91. The number of carbonyl (C=O) groups is 1. The Bertz CT molecular complexity index is 754. The molecule has 104 valence electrons. The van der Waals surface area contributed by atoms with E-state index in [1.54, 1.807) is 25.4 Å². The van der Waals surface area contributed by atoms with Crippen LogP contribution in [0, 0.1) is 6.92 Å². The van der Waals surface area contributed by atoms with Crippen molar-refractivity contribution >= 4 is 11.9 Å². The van der Waals surface area contributed by atoms with Gasteiger partial charge in [0.05, 0.1) is 0 Å². The Morgan fingerprint density at radius 2 is 1.81 bits per heavy atom. The fraction of sp³-hybridized carbons (Fsp3) is 0.0667. The largest absolute Gasteiger partial charge is 0.360 e. The molecule has 0 aliphatic carbocycles. The lowest BCUT2D eigenvalue weighted by Crippen LogP contribution is -2.15. The number of carbonyl (C=O) groups excluding carboxylic acids is 1. The van der Waals surface area contributed by atoms with Gasteiger partial charge in [-0.25, -0.2) is 9.97 Å². The Labute approximate surface area is 120 Å². The summed E-state index contributed by atoms with van der Waals surface area (Å²) in [6.07, 6.45) is 3.11. The highest BCUT2D eigenvalue weighted by atomic mass is 16.5. The van der Waals surface area contributed by atoms with Crippen molar-refractivity contribution in [2.24, 2.45) is 0 Å². The van der Waals surface area contributed by atoms with Gasteiger partial charge in [-0.2, -0.15) is 0 Å². The molecule has 1 aromatic carbocycles. The quantitative estimate of drug-likeness (QED) is 0.797. The minimum Gasteiger partial charge on any atom is -0.360 e. The minimum atomic E-state index is -0.348. The van der Waals surface area contributed by atoms with Gasteiger partial charge in [-0.15, -0.1) is 0 Å². The summed E-state index contributed by atoms with van der Waals surface area (Å²) in [5.41, 5.74) is 1.70. The van der Waals surface area contributed by atoms with Gasteiger partial charge in [0, 0.05) is 18.0 Å². The predicted octanol–water partition coefficient (Wildman–Crippen LogP) is 2.69. The summed E-state index contributed by atoms with van der Waals surface area (Å²) in [5, 5.41) is 6.61. The van der Waals surface area contributed by atoms with Crippen LogP contribution in [0.15, 0.2) is 53.3 Å². The van der Waals surface area contributed by atoms with Gasteiger partial charge in [0.25, 0.3) is 5.91 Å². The summed E-state index contributed by atoms with van der Waals surface area (Å²) in [6, 6.07) is 11.1. The van der Waals surface area contributed by atoms with Crippen molar-refractivity contribution in [3.8, 4) is 11.3 Å². The monoisotopic (exact) mass is 280 g/mol. The van der Waals surface area contributed by atoms with Gasteiger partial charge >= 0.3 is 0 Å². The molecular formula is C15H12N4O2. The van der Waals surface area contributed by atoms with Crippen LogP contribution < -0.4 is 5.32 Å². The first-order chi connectivity index (χ1) is 10.3. The second kappa shape index (κ2) is 5.54. The molecule has 21 heavy (non-hydrogen) atoms. The molecule has 3 aromatic rings. The lowest BCUT2D eigenvalue weighted by Gasteiger charge is -2.03. The summed E-state index contributed by atoms with van der Waals surface area (Å²) in [5.74, 6) is 0.336. The van der Waals surface area contributed by atoms with E-state index in [0.29, 0.717) is 17.0 Å². The molecule has 0 saturated carbocycles. The molecule has 0 unspecified atom stereocenters. The molecule has 6 nitrogen and oxygen atoms in total. The smallest absolute Gasteiger partial charge is 0.263 e. The molecule has 0 aliphatic heterocycles. The topological polar surface area (TPSA) is 80.9 Å². The van der Waals surface area contributed by atoms with Crippen LogP contribution in [0.3, 0.4) is 0 Å². The Balaban J connectivity index is 1.95. The van der Waals surface area contributed by atoms with E-state index in [0.717, 1.165) is 5.56 Å². The first-order valence-corrected chi connectivity index (χ1v) is 6.36. The molecule has 0 spiro atoms. The third-order valence-corrected chi connectivity index (χ3v) is 2.93.